The summed E-state index contributed by atoms with van der Waals surface area (Å²) in [5.74, 6) is 0. The van der Waals surface area contributed by atoms with Crippen LogP contribution in [0.1, 0.15) is 25.6 Å². The van der Waals surface area contributed by atoms with E-state index < -0.39 is 10.2 Å². The molecule has 0 spiro atoms. The number of fused-ring (bicyclic) bond motifs is 1. The highest BCUT2D eigenvalue weighted by molar-refractivity contribution is 7.90. The predicted octanol–water partition coefficient (Wildman–Crippen LogP) is 2.81. The number of nitrogens with one attached hydrogen (secondary N) is 1. The van der Waals surface area contributed by atoms with Gasteiger partial charge in [-0.2, -0.15) is 8.42 Å². The third kappa shape index (κ3) is 2.82. The Hall–Kier alpha value is -1.11. The molecule has 1 aromatic carbocycles. The van der Waals surface area contributed by atoms with Crippen molar-refractivity contribution in [2.45, 2.75) is 26.2 Å². The molecule has 0 amide bonds. The first-order chi connectivity index (χ1) is 8.17. The van der Waals surface area contributed by atoms with Crippen LogP contribution in [0.5, 0.6) is 0 Å². The van der Waals surface area contributed by atoms with Crippen molar-refractivity contribution < 1.29 is 8.42 Å². The monoisotopic (exact) mass is 284 g/mol. The van der Waals surface area contributed by atoms with E-state index in [0.29, 0.717) is 5.69 Å². The van der Waals surface area contributed by atoms with Crippen LogP contribution >= 0.6 is 11.3 Å². The molecule has 1 aromatic heterocycles. The molecule has 0 bridgehead atoms. The smallest absolute Gasteiger partial charge is 0.270 e. The lowest BCUT2D eigenvalue weighted by Gasteiger charge is -2.15. The van der Waals surface area contributed by atoms with Crippen LogP contribution in [-0.2, 0) is 15.6 Å². The first-order valence-electron chi connectivity index (χ1n) is 5.50. The highest BCUT2D eigenvalue weighted by Gasteiger charge is 2.18. The van der Waals surface area contributed by atoms with Gasteiger partial charge in [-0.1, -0.05) is 32.9 Å². The highest BCUT2D eigenvalue weighted by atomic mass is 32.2. The van der Waals surface area contributed by atoms with Gasteiger partial charge in [0.25, 0.3) is 10.2 Å². The Morgan fingerprint density at radius 2 is 1.94 bits per heavy atom. The first kappa shape index (κ1) is 13.3. The molecular weight excluding hydrogens is 268 g/mol. The van der Waals surface area contributed by atoms with Gasteiger partial charge in [0.05, 0.1) is 10.4 Å². The minimum Gasteiger partial charge on any atom is -0.270 e. The maximum atomic E-state index is 11.1. The van der Waals surface area contributed by atoms with Gasteiger partial charge in [-0.25, -0.2) is 5.14 Å². The summed E-state index contributed by atoms with van der Waals surface area (Å²) in [6.45, 7) is 6.39. The molecule has 0 saturated heterocycles. The van der Waals surface area contributed by atoms with Crippen LogP contribution in [-0.4, -0.2) is 8.42 Å². The zero-order valence-corrected chi connectivity index (χ0v) is 12.2. The van der Waals surface area contributed by atoms with Crippen molar-refractivity contribution in [1.82, 2.24) is 0 Å². The van der Waals surface area contributed by atoms with Crippen molar-refractivity contribution in [3.8, 4) is 0 Å². The number of anilines is 1. The number of benzene rings is 1. The molecular formula is C12H16N2O2S2. The van der Waals surface area contributed by atoms with E-state index in [4.69, 9.17) is 5.14 Å². The van der Waals surface area contributed by atoms with E-state index in [1.165, 1.54) is 4.88 Å². The Labute approximate surface area is 111 Å². The van der Waals surface area contributed by atoms with Gasteiger partial charge in [0.15, 0.2) is 0 Å². The number of thiophene rings is 1. The molecule has 0 aliphatic heterocycles. The average Bonchev–Trinajstić information content (AvgIpc) is 2.59. The Morgan fingerprint density at radius 3 is 2.50 bits per heavy atom. The first-order valence-corrected chi connectivity index (χ1v) is 7.87. The Kier molecular flexibility index (Phi) is 3.12. The van der Waals surface area contributed by atoms with Crippen LogP contribution in [0.15, 0.2) is 24.3 Å². The summed E-state index contributed by atoms with van der Waals surface area (Å²) < 4.78 is 25.5. The van der Waals surface area contributed by atoms with Crippen molar-refractivity contribution in [3.05, 3.63) is 29.1 Å². The lowest BCUT2D eigenvalue weighted by Crippen LogP contribution is -2.21. The van der Waals surface area contributed by atoms with E-state index in [1.54, 1.807) is 17.4 Å². The second kappa shape index (κ2) is 4.22. The molecule has 18 heavy (non-hydrogen) atoms. The fourth-order valence-electron chi connectivity index (χ4n) is 1.67. The molecule has 0 saturated carbocycles. The predicted molar refractivity (Wildman–Crippen MR) is 77.3 cm³/mol. The zero-order valence-electron chi connectivity index (χ0n) is 10.5. The van der Waals surface area contributed by atoms with E-state index in [2.05, 4.69) is 31.6 Å². The van der Waals surface area contributed by atoms with Gasteiger partial charge in [-0.05, 0) is 22.9 Å². The molecule has 0 unspecified atom stereocenters. The van der Waals surface area contributed by atoms with Crippen LogP contribution in [0.3, 0.4) is 0 Å². The Morgan fingerprint density at radius 1 is 1.28 bits per heavy atom. The highest BCUT2D eigenvalue weighted by Crippen LogP contribution is 2.37. The van der Waals surface area contributed by atoms with Crippen molar-refractivity contribution >= 4 is 37.3 Å². The Bertz CT molecular complexity index is 682. The lowest BCUT2D eigenvalue weighted by atomic mass is 9.94. The third-order valence-corrected chi connectivity index (χ3v) is 4.65. The lowest BCUT2D eigenvalue weighted by molar-refractivity contribution is 0.602. The number of hydrogen-bond acceptors (Lipinski definition) is 3. The van der Waals surface area contributed by atoms with E-state index in [9.17, 15) is 8.42 Å². The molecule has 0 radical (unpaired) electrons. The Balaban J connectivity index is 2.60. The molecule has 0 fully saturated rings. The number of rotatable bonds is 2. The molecule has 0 atom stereocenters. The van der Waals surface area contributed by atoms with Gasteiger partial charge in [0.2, 0.25) is 0 Å². The second-order valence-corrected chi connectivity index (χ2v) is 7.58. The summed E-state index contributed by atoms with van der Waals surface area (Å²) >= 11 is 1.59. The fourth-order valence-corrected chi connectivity index (χ4v) is 3.39. The van der Waals surface area contributed by atoms with Crippen LogP contribution in [0.25, 0.3) is 10.1 Å². The zero-order chi connectivity index (χ0) is 13.6. The second-order valence-electron chi connectivity index (χ2n) is 5.23. The SMILES string of the molecule is CC(C)(C)c1cc2cccc(NS(N)(=O)=O)c2s1. The minimum atomic E-state index is -3.74. The van der Waals surface area contributed by atoms with Crippen LogP contribution < -0.4 is 9.86 Å². The van der Waals surface area contributed by atoms with Gasteiger partial charge in [0.1, 0.15) is 0 Å². The fraction of sp³-hybridized carbons (Fsp3) is 0.333. The van der Waals surface area contributed by atoms with Crippen molar-refractivity contribution in [2.75, 3.05) is 4.72 Å². The summed E-state index contributed by atoms with van der Waals surface area (Å²) in [7, 11) is -3.74. The van der Waals surface area contributed by atoms with Gasteiger partial charge in [-0.15, -0.1) is 11.3 Å². The van der Waals surface area contributed by atoms with Crippen LogP contribution in [0.2, 0.25) is 0 Å². The molecule has 0 aliphatic rings. The number of hydrogen-bond donors (Lipinski definition) is 2. The normalized spacial score (nSPS) is 12.9. The standard InChI is InChI=1S/C12H16N2O2S2/c1-12(2,3)10-7-8-5-4-6-9(11(8)17-10)14-18(13,15)16/h4-7,14H,1-3H3,(H2,13,15,16). The summed E-state index contributed by atoms with van der Waals surface area (Å²) in [5.41, 5.74) is 0.582. The molecule has 2 aromatic rings. The summed E-state index contributed by atoms with van der Waals surface area (Å²) in [4.78, 5) is 1.21. The molecule has 4 nitrogen and oxygen atoms in total. The van der Waals surface area contributed by atoms with Crippen molar-refractivity contribution in [1.29, 1.82) is 0 Å². The maximum Gasteiger partial charge on any atom is 0.296 e. The van der Waals surface area contributed by atoms with E-state index >= 15 is 0 Å². The van der Waals surface area contributed by atoms with E-state index in [-0.39, 0.29) is 5.41 Å². The van der Waals surface area contributed by atoms with Gasteiger partial charge < -0.3 is 0 Å². The van der Waals surface area contributed by atoms with Gasteiger partial charge in [0, 0.05) is 4.88 Å². The summed E-state index contributed by atoms with van der Waals surface area (Å²) in [5, 5.41) is 6.04. The van der Waals surface area contributed by atoms with Crippen LogP contribution in [0, 0.1) is 0 Å². The van der Waals surface area contributed by atoms with Crippen molar-refractivity contribution in [2.24, 2.45) is 5.14 Å². The number of nitrogens with two attached hydrogens (primary N) is 1. The molecule has 98 valence electrons. The quantitative estimate of drug-likeness (QED) is 0.890. The molecule has 3 N–H and O–H groups in total. The van der Waals surface area contributed by atoms with E-state index in [1.807, 2.05) is 12.1 Å². The third-order valence-electron chi connectivity index (χ3n) is 2.54. The van der Waals surface area contributed by atoms with Crippen molar-refractivity contribution in [3.63, 3.8) is 0 Å². The molecule has 2 rings (SSSR count). The van der Waals surface area contributed by atoms with Crippen LogP contribution in [0.4, 0.5) is 5.69 Å². The topological polar surface area (TPSA) is 72.2 Å². The van der Waals surface area contributed by atoms with Gasteiger partial charge >= 0.3 is 0 Å². The summed E-state index contributed by atoms with van der Waals surface area (Å²) in [6.07, 6.45) is 0. The molecule has 0 aliphatic carbocycles. The average molecular weight is 284 g/mol. The summed E-state index contributed by atoms with van der Waals surface area (Å²) in [6, 6.07) is 7.59. The van der Waals surface area contributed by atoms with Gasteiger partial charge in [-0.3, -0.25) is 4.72 Å². The minimum absolute atomic E-state index is 0.0442. The maximum absolute atomic E-state index is 11.1. The largest absolute Gasteiger partial charge is 0.296 e. The molecule has 6 heteroatoms. The van der Waals surface area contributed by atoms with E-state index in [0.717, 1.165) is 10.1 Å². The molecule has 1 heterocycles.